The number of carbonyl (C=O) groups is 1. The standard InChI is InChI=1S/C12H20O2/c1-8(2)11-6-5-9(3)7-12(11)14-10(4)13/h7-8,11-12H,5-6H2,1-4H3. The van der Waals surface area contributed by atoms with Crippen LogP contribution < -0.4 is 0 Å². The molecule has 0 heterocycles. The maximum atomic E-state index is 10.9. The second-order valence-corrected chi connectivity index (χ2v) is 4.53. The zero-order chi connectivity index (χ0) is 10.7. The number of ether oxygens (including phenoxy) is 1. The lowest BCUT2D eigenvalue weighted by Gasteiger charge is -2.31. The van der Waals surface area contributed by atoms with Gasteiger partial charge < -0.3 is 4.74 Å². The summed E-state index contributed by atoms with van der Waals surface area (Å²) >= 11 is 0. The Morgan fingerprint density at radius 1 is 1.57 bits per heavy atom. The molecule has 0 saturated heterocycles. The van der Waals surface area contributed by atoms with Crippen molar-refractivity contribution in [1.29, 1.82) is 0 Å². The molecule has 0 aromatic rings. The SMILES string of the molecule is CC(=O)OC1C=C(C)CCC1C(C)C. The van der Waals surface area contributed by atoms with Crippen LogP contribution in [-0.2, 0) is 9.53 Å². The lowest BCUT2D eigenvalue weighted by molar-refractivity contribution is -0.147. The predicted molar refractivity (Wildman–Crippen MR) is 56.9 cm³/mol. The fourth-order valence-corrected chi connectivity index (χ4v) is 2.07. The fraction of sp³-hybridized carbons (Fsp3) is 0.750. The first-order valence-corrected chi connectivity index (χ1v) is 5.35. The third-order valence-corrected chi connectivity index (χ3v) is 2.90. The summed E-state index contributed by atoms with van der Waals surface area (Å²) in [5.74, 6) is 0.887. The van der Waals surface area contributed by atoms with E-state index in [4.69, 9.17) is 4.74 Å². The molecule has 0 aromatic carbocycles. The third-order valence-electron chi connectivity index (χ3n) is 2.90. The van der Waals surface area contributed by atoms with E-state index in [1.165, 1.54) is 12.5 Å². The largest absolute Gasteiger partial charge is 0.458 e. The maximum absolute atomic E-state index is 10.9. The van der Waals surface area contributed by atoms with Gasteiger partial charge in [-0.15, -0.1) is 0 Å². The van der Waals surface area contributed by atoms with Gasteiger partial charge in [0.25, 0.3) is 0 Å². The molecule has 0 aromatic heterocycles. The third kappa shape index (κ3) is 2.86. The smallest absolute Gasteiger partial charge is 0.303 e. The maximum Gasteiger partial charge on any atom is 0.303 e. The van der Waals surface area contributed by atoms with Crippen molar-refractivity contribution in [2.45, 2.75) is 46.6 Å². The molecule has 0 fully saturated rings. The van der Waals surface area contributed by atoms with Gasteiger partial charge >= 0.3 is 5.97 Å². The van der Waals surface area contributed by atoms with Gasteiger partial charge in [-0.3, -0.25) is 4.79 Å². The molecule has 0 radical (unpaired) electrons. The quantitative estimate of drug-likeness (QED) is 0.501. The van der Waals surface area contributed by atoms with Gasteiger partial charge in [-0.25, -0.2) is 0 Å². The van der Waals surface area contributed by atoms with Crippen molar-refractivity contribution in [3.05, 3.63) is 11.6 Å². The Labute approximate surface area is 86.3 Å². The Morgan fingerprint density at radius 2 is 2.21 bits per heavy atom. The van der Waals surface area contributed by atoms with Gasteiger partial charge in [0.2, 0.25) is 0 Å². The summed E-state index contributed by atoms with van der Waals surface area (Å²) in [5, 5.41) is 0. The van der Waals surface area contributed by atoms with E-state index < -0.39 is 0 Å². The number of esters is 1. The molecule has 0 amide bonds. The number of rotatable bonds is 2. The molecule has 1 aliphatic carbocycles. The molecule has 0 saturated carbocycles. The van der Waals surface area contributed by atoms with Crippen molar-refractivity contribution >= 4 is 5.97 Å². The topological polar surface area (TPSA) is 26.3 Å². The van der Waals surface area contributed by atoms with Crippen LogP contribution in [0.2, 0.25) is 0 Å². The highest BCUT2D eigenvalue weighted by molar-refractivity contribution is 5.66. The second-order valence-electron chi connectivity index (χ2n) is 4.53. The van der Waals surface area contributed by atoms with Crippen molar-refractivity contribution in [3.8, 4) is 0 Å². The van der Waals surface area contributed by atoms with Gasteiger partial charge in [0.1, 0.15) is 6.10 Å². The van der Waals surface area contributed by atoms with Gasteiger partial charge in [-0.2, -0.15) is 0 Å². The summed E-state index contributed by atoms with van der Waals surface area (Å²) in [5.41, 5.74) is 1.34. The minimum absolute atomic E-state index is 0.00116. The van der Waals surface area contributed by atoms with Crippen LogP contribution in [0, 0.1) is 11.8 Å². The highest BCUT2D eigenvalue weighted by Gasteiger charge is 2.28. The Balaban J connectivity index is 2.72. The summed E-state index contributed by atoms with van der Waals surface area (Å²) < 4.78 is 5.32. The fourth-order valence-electron chi connectivity index (χ4n) is 2.07. The molecule has 0 bridgehead atoms. The van der Waals surface area contributed by atoms with Crippen molar-refractivity contribution in [3.63, 3.8) is 0 Å². The summed E-state index contributed by atoms with van der Waals surface area (Å²) in [6.45, 7) is 7.97. The van der Waals surface area contributed by atoms with Crippen LogP contribution in [0.25, 0.3) is 0 Å². The first-order chi connectivity index (χ1) is 6.50. The molecule has 14 heavy (non-hydrogen) atoms. The number of carbonyl (C=O) groups excluding carboxylic acids is 1. The van der Waals surface area contributed by atoms with Crippen molar-refractivity contribution in [2.75, 3.05) is 0 Å². The average Bonchev–Trinajstić information content (AvgIpc) is 2.01. The second kappa shape index (κ2) is 4.63. The van der Waals surface area contributed by atoms with Gasteiger partial charge in [0, 0.05) is 12.8 Å². The first-order valence-electron chi connectivity index (χ1n) is 5.35. The van der Waals surface area contributed by atoms with Crippen molar-refractivity contribution in [2.24, 2.45) is 11.8 Å². The van der Waals surface area contributed by atoms with E-state index in [1.54, 1.807) is 0 Å². The Hall–Kier alpha value is -0.790. The number of hydrogen-bond donors (Lipinski definition) is 0. The minimum atomic E-state index is -0.174. The molecule has 2 nitrogen and oxygen atoms in total. The highest BCUT2D eigenvalue weighted by atomic mass is 16.5. The zero-order valence-corrected chi connectivity index (χ0v) is 9.54. The van der Waals surface area contributed by atoms with E-state index in [0.29, 0.717) is 11.8 Å². The summed E-state index contributed by atoms with van der Waals surface area (Å²) in [6, 6.07) is 0. The minimum Gasteiger partial charge on any atom is -0.458 e. The Bertz CT molecular complexity index is 241. The van der Waals surface area contributed by atoms with Crippen molar-refractivity contribution in [1.82, 2.24) is 0 Å². The molecule has 80 valence electrons. The molecular formula is C12H20O2. The number of allylic oxidation sites excluding steroid dienone is 1. The van der Waals surface area contributed by atoms with Crippen LogP contribution in [0.4, 0.5) is 0 Å². The van der Waals surface area contributed by atoms with E-state index in [2.05, 4.69) is 26.8 Å². The molecule has 2 unspecified atom stereocenters. The van der Waals surface area contributed by atoms with Crippen molar-refractivity contribution < 1.29 is 9.53 Å². The Kier molecular flexibility index (Phi) is 3.73. The Morgan fingerprint density at radius 3 is 2.71 bits per heavy atom. The van der Waals surface area contributed by atoms with Gasteiger partial charge in [0.15, 0.2) is 0 Å². The monoisotopic (exact) mass is 196 g/mol. The first kappa shape index (κ1) is 11.3. The summed E-state index contributed by atoms with van der Waals surface area (Å²) in [7, 11) is 0. The molecule has 0 spiro atoms. The van der Waals surface area contributed by atoms with Crippen LogP contribution in [0.15, 0.2) is 11.6 Å². The molecule has 2 heteroatoms. The van der Waals surface area contributed by atoms with E-state index in [9.17, 15) is 4.79 Å². The van der Waals surface area contributed by atoms with Crippen LogP contribution in [0.3, 0.4) is 0 Å². The van der Waals surface area contributed by atoms with Crippen LogP contribution in [-0.4, -0.2) is 12.1 Å². The van der Waals surface area contributed by atoms with E-state index in [-0.39, 0.29) is 12.1 Å². The van der Waals surface area contributed by atoms with Crippen LogP contribution in [0.5, 0.6) is 0 Å². The van der Waals surface area contributed by atoms with E-state index in [0.717, 1.165) is 12.8 Å². The summed E-state index contributed by atoms with van der Waals surface area (Å²) in [6.07, 6.45) is 4.38. The zero-order valence-electron chi connectivity index (χ0n) is 9.54. The van der Waals surface area contributed by atoms with E-state index >= 15 is 0 Å². The normalized spacial score (nSPS) is 27.4. The molecule has 1 rings (SSSR count). The molecule has 1 aliphatic rings. The molecule has 0 aliphatic heterocycles. The average molecular weight is 196 g/mol. The van der Waals surface area contributed by atoms with Gasteiger partial charge in [-0.1, -0.05) is 19.4 Å². The number of hydrogen-bond acceptors (Lipinski definition) is 2. The highest BCUT2D eigenvalue weighted by Crippen LogP contribution is 2.31. The van der Waals surface area contributed by atoms with E-state index in [1.807, 2.05) is 0 Å². The van der Waals surface area contributed by atoms with Gasteiger partial charge in [0.05, 0.1) is 0 Å². The lowest BCUT2D eigenvalue weighted by Crippen LogP contribution is -2.30. The lowest BCUT2D eigenvalue weighted by atomic mass is 9.80. The predicted octanol–water partition coefficient (Wildman–Crippen LogP) is 2.93. The van der Waals surface area contributed by atoms with Gasteiger partial charge in [-0.05, 0) is 31.8 Å². The summed E-state index contributed by atoms with van der Waals surface area (Å²) in [4.78, 5) is 10.9. The van der Waals surface area contributed by atoms with Crippen LogP contribution in [0.1, 0.15) is 40.5 Å². The molecule has 0 N–H and O–H groups in total. The molecule has 2 atom stereocenters. The van der Waals surface area contributed by atoms with Crippen LogP contribution >= 0.6 is 0 Å². The molecular weight excluding hydrogens is 176 g/mol.